The van der Waals surface area contributed by atoms with Gasteiger partial charge in [0.2, 0.25) is 0 Å². The summed E-state index contributed by atoms with van der Waals surface area (Å²) in [5, 5.41) is 19.2. The average molecular weight is 227 g/mol. The maximum absolute atomic E-state index is 10.7. The van der Waals surface area contributed by atoms with Gasteiger partial charge in [-0.1, -0.05) is 17.8 Å². The van der Waals surface area contributed by atoms with E-state index in [4.69, 9.17) is 0 Å². The molecule has 15 heavy (non-hydrogen) atoms. The Hall–Kier alpha value is -0.910. The third-order valence-corrected chi connectivity index (χ3v) is 2.76. The lowest BCUT2D eigenvalue weighted by molar-refractivity contribution is -0.109. The second kappa shape index (κ2) is 5.85. The van der Waals surface area contributed by atoms with Crippen molar-refractivity contribution >= 4 is 16.9 Å². The average Bonchev–Trinajstić information content (AvgIpc) is 2.26. The fourth-order valence-corrected chi connectivity index (χ4v) is 1.65. The molecule has 0 fully saturated rings. The molecule has 0 aliphatic rings. The summed E-state index contributed by atoms with van der Waals surface area (Å²) in [5.41, 5.74) is 0.550. The summed E-state index contributed by atoms with van der Waals surface area (Å²) in [6, 6.07) is 3.36. The Labute approximate surface area is 92.3 Å². The van der Waals surface area contributed by atoms with E-state index in [9.17, 15) is 15.0 Å². The number of hydrogen-bond acceptors (Lipinski definition) is 5. The molecule has 0 saturated carbocycles. The van der Waals surface area contributed by atoms with Gasteiger partial charge in [0.05, 0.1) is 6.10 Å². The summed E-state index contributed by atoms with van der Waals surface area (Å²) in [7, 11) is 0. The lowest BCUT2D eigenvalue weighted by atomic mass is 10.1. The van der Waals surface area contributed by atoms with Gasteiger partial charge in [-0.25, -0.2) is 0 Å². The van der Waals surface area contributed by atoms with E-state index in [1.165, 1.54) is 13.1 Å². The van der Waals surface area contributed by atoms with Gasteiger partial charge < -0.3 is 10.2 Å². The number of aliphatic hydroxyl groups excluding tert-OH is 2. The molecule has 82 valence electrons. The number of carbonyl (C=O) groups is 1. The molecule has 1 aromatic rings. The van der Waals surface area contributed by atoms with Crippen molar-refractivity contribution in [2.24, 2.45) is 0 Å². The van der Waals surface area contributed by atoms with E-state index in [2.05, 4.69) is 4.98 Å². The zero-order valence-electron chi connectivity index (χ0n) is 8.33. The number of rotatable bonds is 4. The molecule has 0 aliphatic carbocycles. The number of aromatic nitrogens is 1. The fourth-order valence-electron chi connectivity index (χ4n) is 1.07. The van der Waals surface area contributed by atoms with E-state index >= 15 is 0 Å². The van der Waals surface area contributed by atoms with Crippen LogP contribution in [0.2, 0.25) is 0 Å². The molecule has 0 bridgehead atoms. The van der Waals surface area contributed by atoms with Crippen molar-refractivity contribution in [3.63, 3.8) is 0 Å². The molecule has 4 nitrogen and oxygen atoms in total. The second-order valence-electron chi connectivity index (χ2n) is 3.10. The molecule has 0 saturated heterocycles. The maximum Gasteiger partial charge on any atom is 0.185 e. The Kier molecular flexibility index (Phi) is 4.74. The molecule has 0 spiro atoms. The number of aliphatic hydroxyl groups is 2. The lowest BCUT2D eigenvalue weighted by Gasteiger charge is -2.16. The zero-order valence-corrected chi connectivity index (χ0v) is 9.15. The highest BCUT2D eigenvalue weighted by atomic mass is 32.2. The van der Waals surface area contributed by atoms with Gasteiger partial charge in [-0.05, 0) is 6.07 Å². The van der Waals surface area contributed by atoms with Crippen molar-refractivity contribution in [3.8, 4) is 0 Å². The van der Waals surface area contributed by atoms with Crippen LogP contribution in [0.1, 0.15) is 18.6 Å². The van der Waals surface area contributed by atoms with E-state index < -0.39 is 12.2 Å². The largest absolute Gasteiger partial charge is 0.389 e. The number of nitrogens with zero attached hydrogens (tertiary/aromatic N) is 1. The van der Waals surface area contributed by atoms with E-state index in [-0.39, 0.29) is 10.9 Å². The first-order chi connectivity index (χ1) is 7.11. The molecule has 0 radical (unpaired) electrons. The minimum atomic E-state index is -0.995. The molecule has 5 heteroatoms. The highest BCUT2D eigenvalue weighted by Crippen LogP contribution is 2.18. The van der Waals surface area contributed by atoms with Crippen molar-refractivity contribution < 1.29 is 15.0 Å². The van der Waals surface area contributed by atoms with Crippen LogP contribution >= 0.6 is 11.8 Å². The van der Waals surface area contributed by atoms with Gasteiger partial charge in [0.1, 0.15) is 6.10 Å². The third kappa shape index (κ3) is 3.99. The Morgan fingerprint density at radius 2 is 2.33 bits per heavy atom. The fraction of sp³-hybridized carbons (Fsp3) is 0.400. The maximum atomic E-state index is 10.7. The molecule has 0 amide bonds. The summed E-state index contributed by atoms with van der Waals surface area (Å²) < 4.78 is 0. The highest BCUT2D eigenvalue weighted by molar-refractivity contribution is 8.13. The standard InChI is InChI=1S/C10H13NO3S/c1-7(12)15-6-9(13)10(14)8-3-2-4-11-5-8/h2-5,9-10,13-14H,6H2,1H3. The van der Waals surface area contributed by atoms with Crippen LogP contribution in [0.4, 0.5) is 0 Å². The molecule has 2 atom stereocenters. The van der Waals surface area contributed by atoms with Crippen molar-refractivity contribution in [1.82, 2.24) is 4.98 Å². The first-order valence-corrected chi connectivity index (χ1v) is 5.49. The summed E-state index contributed by atoms with van der Waals surface area (Å²) >= 11 is 0.993. The molecular formula is C10H13NO3S. The lowest BCUT2D eigenvalue weighted by Crippen LogP contribution is -2.21. The van der Waals surface area contributed by atoms with E-state index in [1.807, 2.05) is 0 Å². The molecule has 0 aliphatic heterocycles. The Balaban J connectivity index is 2.53. The monoisotopic (exact) mass is 227 g/mol. The van der Waals surface area contributed by atoms with Crippen LogP contribution in [-0.4, -0.2) is 32.2 Å². The summed E-state index contributed by atoms with van der Waals surface area (Å²) in [4.78, 5) is 14.5. The van der Waals surface area contributed by atoms with Gasteiger partial charge in [0, 0.05) is 30.6 Å². The Bertz CT molecular complexity index is 318. The first kappa shape index (κ1) is 12.2. The molecule has 0 aromatic carbocycles. The van der Waals surface area contributed by atoms with Gasteiger partial charge in [-0.2, -0.15) is 0 Å². The van der Waals surface area contributed by atoms with Gasteiger partial charge in [0.25, 0.3) is 0 Å². The van der Waals surface area contributed by atoms with Crippen LogP contribution in [-0.2, 0) is 4.79 Å². The van der Waals surface area contributed by atoms with E-state index in [0.29, 0.717) is 5.56 Å². The summed E-state index contributed by atoms with van der Waals surface area (Å²) in [5.74, 6) is 0.186. The van der Waals surface area contributed by atoms with Crippen molar-refractivity contribution in [2.45, 2.75) is 19.1 Å². The second-order valence-corrected chi connectivity index (χ2v) is 4.30. The van der Waals surface area contributed by atoms with E-state index in [1.54, 1.807) is 18.3 Å². The SMILES string of the molecule is CC(=O)SCC(O)C(O)c1cccnc1. The summed E-state index contributed by atoms with van der Waals surface area (Å²) in [6.07, 6.45) is 1.13. The minimum Gasteiger partial charge on any atom is -0.389 e. The summed E-state index contributed by atoms with van der Waals surface area (Å²) in [6.45, 7) is 1.42. The zero-order chi connectivity index (χ0) is 11.3. The smallest absolute Gasteiger partial charge is 0.185 e. The molecule has 1 rings (SSSR count). The van der Waals surface area contributed by atoms with Gasteiger partial charge in [0.15, 0.2) is 5.12 Å². The van der Waals surface area contributed by atoms with Crippen LogP contribution in [0.25, 0.3) is 0 Å². The van der Waals surface area contributed by atoms with Crippen LogP contribution in [0.5, 0.6) is 0 Å². The normalized spacial score (nSPS) is 14.6. The quantitative estimate of drug-likeness (QED) is 0.794. The van der Waals surface area contributed by atoms with Crippen LogP contribution < -0.4 is 0 Å². The predicted octanol–water partition coefficient (Wildman–Crippen LogP) is 0.756. The van der Waals surface area contributed by atoms with Crippen molar-refractivity contribution in [2.75, 3.05) is 5.75 Å². The van der Waals surface area contributed by atoms with Crippen molar-refractivity contribution in [3.05, 3.63) is 30.1 Å². The van der Waals surface area contributed by atoms with Crippen molar-refractivity contribution in [1.29, 1.82) is 0 Å². The Morgan fingerprint density at radius 1 is 1.60 bits per heavy atom. The van der Waals surface area contributed by atoms with Crippen LogP contribution in [0.3, 0.4) is 0 Å². The minimum absolute atomic E-state index is 0.0764. The van der Waals surface area contributed by atoms with Gasteiger partial charge in [-0.15, -0.1) is 0 Å². The number of pyridine rings is 1. The molecular weight excluding hydrogens is 214 g/mol. The molecule has 1 heterocycles. The third-order valence-electron chi connectivity index (χ3n) is 1.85. The van der Waals surface area contributed by atoms with E-state index in [0.717, 1.165) is 11.8 Å². The molecule has 2 N–H and O–H groups in total. The van der Waals surface area contributed by atoms with Crippen LogP contribution in [0.15, 0.2) is 24.5 Å². The van der Waals surface area contributed by atoms with Gasteiger partial charge in [-0.3, -0.25) is 9.78 Å². The Morgan fingerprint density at radius 3 is 2.87 bits per heavy atom. The molecule has 2 unspecified atom stereocenters. The topological polar surface area (TPSA) is 70.4 Å². The number of carbonyl (C=O) groups excluding carboxylic acids is 1. The van der Waals surface area contributed by atoms with Gasteiger partial charge >= 0.3 is 0 Å². The van der Waals surface area contributed by atoms with Crippen LogP contribution in [0, 0.1) is 0 Å². The highest BCUT2D eigenvalue weighted by Gasteiger charge is 2.18. The predicted molar refractivity (Wildman–Crippen MR) is 58.3 cm³/mol. The molecule has 1 aromatic heterocycles. The first-order valence-electron chi connectivity index (χ1n) is 4.50. The number of hydrogen-bond donors (Lipinski definition) is 2. The number of thioether (sulfide) groups is 1.